The van der Waals surface area contributed by atoms with Crippen molar-refractivity contribution in [3.05, 3.63) is 47.1 Å². The van der Waals surface area contributed by atoms with E-state index in [9.17, 15) is 0 Å². The van der Waals surface area contributed by atoms with E-state index in [0.717, 1.165) is 5.69 Å². The van der Waals surface area contributed by atoms with Gasteiger partial charge in [-0.15, -0.1) is 0 Å². The minimum absolute atomic E-state index is 0.485. The van der Waals surface area contributed by atoms with Crippen molar-refractivity contribution in [3.8, 4) is 11.9 Å². The number of hydrogen-bond acceptors (Lipinski definition) is 4. The lowest BCUT2D eigenvalue weighted by Gasteiger charge is -2.08. The first-order chi connectivity index (χ1) is 8.72. The zero-order valence-electron chi connectivity index (χ0n) is 9.64. The second-order valence-electron chi connectivity index (χ2n) is 3.52. The van der Waals surface area contributed by atoms with Gasteiger partial charge in [0.2, 0.25) is 5.88 Å². The number of nitriles is 1. The van der Waals surface area contributed by atoms with Crippen LogP contribution in [0.1, 0.15) is 5.56 Å². The van der Waals surface area contributed by atoms with Crippen LogP contribution in [0.5, 0.6) is 5.88 Å². The fourth-order valence-electron chi connectivity index (χ4n) is 1.45. The molecule has 1 aromatic carbocycles. The van der Waals surface area contributed by atoms with E-state index >= 15 is 0 Å². The van der Waals surface area contributed by atoms with E-state index in [-0.39, 0.29) is 0 Å². The summed E-state index contributed by atoms with van der Waals surface area (Å²) in [5.41, 5.74) is 1.95. The average Bonchev–Trinajstić information content (AvgIpc) is 2.41. The molecule has 0 aliphatic rings. The summed E-state index contributed by atoms with van der Waals surface area (Å²) in [5, 5.41) is 12.7. The molecule has 18 heavy (non-hydrogen) atoms. The predicted molar refractivity (Wildman–Crippen MR) is 70.2 cm³/mol. The van der Waals surface area contributed by atoms with E-state index in [1.54, 1.807) is 37.6 Å². The molecule has 4 nitrogen and oxygen atoms in total. The summed E-state index contributed by atoms with van der Waals surface area (Å²) in [7, 11) is 1.56. The molecule has 1 heterocycles. The second-order valence-corrected chi connectivity index (χ2v) is 3.95. The molecule has 0 unspecified atom stereocenters. The van der Waals surface area contributed by atoms with Crippen LogP contribution in [0.25, 0.3) is 0 Å². The molecule has 0 radical (unpaired) electrons. The number of nitrogens with one attached hydrogen (secondary N) is 1. The van der Waals surface area contributed by atoms with Crippen molar-refractivity contribution in [2.24, 2.45) is 0 Å². The topological polar surface area (TPSA) is 57.9 Å². The maximum atomic E-state index is 9.02. The lowest BCUT2D eigenvalue weighted by atomic mass is 10.2. The van der Waals surface area contributed by atoms with Crippen LogP contribution in [-0.2, 0) is 0 Å². The molecule has 0 aliphatic heterocycles. The highest BCUT2D eigenvalue weighted by atomic mass is 35.5. The highest BCUT2D eigenvalue weighted by Gasteiger charge is 2.03. The van der Waals surface area contributed by atoms with Gasteiger partial charge in [-0.05, 0) is 24.3 Å². The van der Waals surface area contributed by atoms with Gasteiger partial charge in [0.15, 0.2) is 0 Å². The molecule has 5 heteroatoms. The Hall–Kier alpha value is -2.25. The van der Waals surface area contributed by atoms with E-state index in [1.165, 1.54) is 0 Å². The standard InChI is InChI=1S/C13H10ClN3O/c1-18-13-5-3-11(8-16-13)17-12-4-2-10(14)6-9(12)7-15/h2-6,8,17H,1H3. The van der Waals surface area contributed by atoms with Crippen molar-refractivity contribution in [2.45, 2.75) is 0 Å². The zero-order valence-corrected chi connectivity index (χ0v) is 10.4. The lowest BCUT2D eigenvalue weighted by Crippen LogP contribution is -1.95. The lowest BCUT2D eigenvalue weighted by molar-refractivity contribution is 0.398. The van der Waals surface area contributed by atoms with Crippen molar-refractivity contribution in [1.82, 2.24) is 4.98 Å². The van der Waals surface area contributed by atoms with Crippen LogP contribution in [0.4, 0.5) is 11.4 Å². The number of aromatic nitrogens is 1. The Morgan fingerprint density at radius 1 is 1.33 bits per heavy atom. The van der Waals surface area contributed by atoms with Crippen molar-refractivity contribution in [2.75, 3.05) is 12.4 Å². The molecule has 1 N–H and O–H groups in total. The third-order valence-corrected chi connectivity index (χ3v) is 2.56. The number of methoxy groups -OCH3 is 1. The van der Waals surface area contributed by atoms with Gasteiger partial charge in [-0.2, -0.15) is 5.26 Å². The maximum absolute atomic E-state index is 9.02. The highest BCUT2D eigenvalue weighted by Crippen LogP contribution is 2.23. The number of benzene rings is 1. The fourth-order valence-corrected chi connectivity index (χ4v) is 1.62. The number of nitrogens with zero attached hydrogens (tertiary/aromatic N) is 2. The SMILES string of the molecule is COc1ccc(Nc2ccc(Cl)cc2C#N)cn1. The Bertz CT molecular complexity index is 590. The molecule has 1 aromatic heterocycles. The normalized spacial score (nSPS) is 9.61. The number of hydrogen-bond donors (Lipinski definition) is 1. The van der Waals surface area contributed by atoms with E-state index in [4.69, 9.17) is 21.6 Å². The molecule has 0 saturated heterocycles. The van der Waals surface area contributed by atoms with Gasteiger partial charge in [0.1, 0.15) is 6.07 Å². The van der Waals surface area contributed by atoms with Gasteiger partial charge in [-0.25, -0.2) is 4.98 Å². The monoisotopic (exact) mass is 259 g/mol. The first-order valence-corrected chi connectivity index (χ1v) is 5.57. The van der Waals surface area contributed by atoms with Gasteiger partial charge in [0.05, 0.1) is 30.2 Å². The molecule has 0 spiro atoms. The third kappa shape index (κ3) is 2.70. The van der Waals surface area contributed by atoms with Gasteiger partial charge in [-0.3, -0.25) is 0 Å². The van der Waals surface area contributed by atoms with E-state index in [2.05, 4.69) is 16.4 Å². The summed E-state index contributed by atoms with van der Waals surface area (Å²) < 4.78 is 4.97. The Morgan fingerprint density at radius 2 is 2.17 bits per heavy atom. The van der Waals surface area contributed by atoms with Crippen LogP contribution in [0.15, 0.2) is 36.5 Å². The van der Waals surface area contributed by atoms with Crippen LogP contribution in [0, 0.1) is 11.3 Å². The number of anilines is 2. The summed E-state index contributed by atoms with van der Waals surface area (Å²) in [6.45, 7) is 0. The molecule has 0 fully saturated rings. The minimum Gasteiger partial charge on any atom is -0.481 e. The van der Waals surface area contributed by atoms with E-state index in [1.807, 2.05) is 6.07 Å². The minimum atomic E-state index is 0.485. The van der Waals surface area contributed by atoms with Crippen LogP contribution >= 0.6 is 11.6 Å². The largest absolute Gasteiger partial charge is 0.481 e. The Balaban J connectivity index is 2.25. The molecule has 0 aliphatic carbocycles. The maximum Gasteiger partial charge on any atom is 0.213 e. The smallest absolute Gasteiger partial charge is 0.213 e. The van der Waals surface area contributed by atoms with Gasteiger partial charge >= 0.3 is 0 Å². The predicted octanol–water partition coefficient (Wildman–Crippen LogP) is 3.36. The first kappa shape index (κ1) is 12.2. The fraction of sp³-hybridized carbons (Fsp3) is 0.0769. The molecular formula is C13H10ClN3O. The second kappa shape index (κ2) is 5.39. The van der Waals surface area contributed by atoms with Crippen LogP contribution in [0.3, 0.4) is 0 Å². The quantitative estimate of drug-likeness (QED) is 0.918. The number of halogens is 1. The van der Waals surface area contributed by atoms with E-state index in [0.29, 0.717) is 22.2 Å². The molecular weight excluding hydrogens is 250 g/mol. The number of ether oxygens (including phenoxy) is 1. The molecule has 2 rings (SSSR count). The van der Waals surface area contributed by atoms with Gasteiger partial charge < -0.3 is 10.1 Å². The van der Waals surface area contributed by atoms with Gasteiger partial charge in [0, 0.05) is 11.1 Å². The Morgan fingerprint density at radius 3 is 2.78 bits per heavy atom. The Labute approximate surface area is 110 Å². The number of pyridine rings is 1. The molecule has 90 valence electrons. The van der Waals surface area contributed by atoms with Gasteiger partial charge in [0.25, 0.3) is 0 Å². The van der Waals surface area contributed by atoms with Crippen molar-refractivity contribution in [1.29, 1.82) is 5.26 Å². The molecule has 0 amide bonds. The zero-order chi connectivity index (χ0) is 13.0. The van der Waals surface area contributed by atoms with Crippen LogP contribution in [0.2, 0.25) is 5.02 Å². The highest BCUT2D eigenvalue weighted by molar-refractivity contribution is 6.30. The first-order valence-electron chi connectivity index (χ1n) is 5.19. The van der Waals surface area contributed by atoms with Gasteiger partial charge in [-0.1, -0.05) is 11.6 Å². The van der Waals surface area contributed by atoms with Crippen molar-refractivity contribution < 1.29 is 4.74 Å². The summed E-state index contributed by atoms with van der Waals surface area (Å²) in [6, 6.07) is 10.7. The summed E-state index contributed by atoms with van der Waals surface area (Å²) >= 11 is 5.83. The molecule has 0 atom stereocenters. The number of rotatable bonds is 3. The molecule has 0 bridgehead atoms. The van der Waals surface area contributed by atoms with Crippen LogP contribution < -0.4 is 10.1 Å². The molecule has 2 aromatic rings. The summed E-state index contributed by atoms with van der Waals surface area (Å²) in [6.07, 6.45) is 1.63. The van der Waals surface area contributed by atoms with Crippen LogP contribution in [-0.4, -0.2) is 12.1 Å². The van der Waals surface area contributed by atoms with Crippen molar-refractivity contribution in [3.63, 3.8) is 0 Å². The van der Waals surface area contributed by atoms with E-state index < -0.39 is 0 Å². The van der Waals surface area contributed by atoms with Crippen molar-refractivity contribution >= 4 is 23.0 Å². The Kier molecular flexibility index (Phi) is 3.66. The molecule has 0 saturated carbocycles. The average molecular weight is 260 g/mol. The summed E-state index contributed by atoms with van der Waals surface area (Å²) in [4.78, 5) is 4.07. The third-order valence-electron chi connectivity index (χ3n) is 2.33. The summed E-state index contributed by atoms with van der Waals surface area (Å²) in [5.74, 6) is 0.539.